The van der Waals surface area contributed by atoms with E-state index in [2.05, 4.69) is 15.5 Å². The van der Waals surface area contributed by atoms with Crippen molar-refractivity contribution in [3.8, 4) is 0 Å². The maximum Gasteiger partial charge on any atom is 0.238 e. The molecular weight excluding hydrogens is 288 g/mol. The topological polar surface area (TPSA) is 130 Å². The summed E-state index contributed by atoms with van der Waals surface area (Å²) in [6.07, 6.45) is 0. The minimum absolute atomic E-state index is 0.00475. The van der Waals surface area contributed by atoms with Gasteiger partial charge in [-0.1, -0.05) is 0 Å². The molecule has 0 bridgehead atoms. The second-order valence-corrected chi connectivity index (χ2v) is 6.41. The summed E-state index contributed by atoms with van der Waals surface area (Å²) < 4.78 is 24.5. The Bertz CT molecular complexity index is 724. The third-order valence-electron chi connectivity index (χ3n) is 2.42. The number of tetrazole rings is 1. The number of primary sulfonamides is 1. The summed E-state index contributed by atoms with van der Waals surface area (Å²) in [5, 5.41) is 16.7. The highest BCUT2D eigenvalue weighted by Crippen LogP contribution is 2.33. The minimum Gasteiger partial charge on any atom is -0.399 e. The number of nitrogen functional groups attached to an aromatic ring is 1. The zero-order chi connectivity index (χ0) is 14.2. The average Bonchev–Trinajstić information content (AvgIpc) is 2.68. The van der Waals surface area contributed by atoms with Crippen LogP contribution in [0, 0.1) is 6.92 Å². The normalized spacial score (nSPS) is 11.7. The highest BCUT2D eigenvalue weighted by Gasteiger charge is 2.17. The highest BCUT2D eigenvalue weighted by atomic mass is 32.2. The van der Waals surface area contributed by atoms with E-state index in [-0.39, 0.29) is 4.90 Å². The molecule has 0 spiro atoms. The summed E-state index contributed by atoms with van der Waals surface area (Å²) in [5.41, 5.74) is 6.53. The number of anilines is 1. The van der Waals surface area contributed by atoms with E-state index in [1.165, 1.54) is 22.5 Å². The number of nitrogens with two attached hydrogens (primary N) is 2. The Balaban J connectivity index is 2.53. The molecule has 1 aromatic heterocycles. The smallest absolute Gasteiger partial charge is 0.238 e. The van der Waals surface area contributed by atoms with Crippen LogP contribution in [0.3, 0.4) is 0 Å². The van der Waals surface area contributed by atoms with E-state index >= 15 is 0 Å². The maximum atomic E-state index is 11.5. The van der Waals surface area contributed by atoms with Crippen molar-refractivity contribution < 1.29 is 8.42 Å². The Morgan fingerprint density at radius 1 is 1.37 bits per heavy atom. The van der Waals surface area contributed by atoms with Gasteiger partial charge in [0, 0.05) is 17.6 Å². The van der Waals surface area contributed by atoms with Crippen LogP contribution in [0.1, 0.15) is 5.56 Å². The number of hydrogen-bond acceptors (Lipinski definition) is 7. The average molecular weight is 300 g/mol. The lowest BCUT2D eigenvalue weighted by atomic mass is 10.2. The molecule has 0 saturated heterocycles. The van der Waals surface area contributed by atoms with Crippen LogP contribution in [0.5, 0.6) is 0 Å². The predicted molar refractivity (Wildman–Crippen MR) is 69.9 cm³/mol. The number of nitrogens with zero attached hydrogens (tertiary/aromatic N) is 4. The first-order valence-corrected chi connectivity index (χ1v) is 7.48. The van der Waals surface area contributed by atoms with Gasteiger partial charge in [-0.3, -0.25) is 0 Å². The SMILES string of the molecule is Cc1c(Sc2nnnn2C)cc(N)cc1S(N)(=O)=O. The van der Waals surface area contributed by atoms with Crippen molar-refractivity contribution in [2.24, 2.45) is 12.2 Å². The molecule has 0 radical (unpaired) electrons. The third-order valence-corrected chi connectivity index (χ3v) is 4.63. The standard InChI is InChI=1S/C9H12N6O2S2/c1-5-7(18-9-12-13-14-15(9)2)3-6(10)4-8(5)19(11,16)17/h3-4H,10H2,1-2H3,(H2,11,16,17). The Morgan fingerprint density at radius 2 is 2.05 bits per heavy atom. The summed E-state index contributed by atoms with van der Waals surface area (Å²) >= 11 is 1.22. The van der Waals surface area contributed by atoms with E-state index in [9.17, 15) is 8.42 Å². The second kappa shape index (κ2) is 4.79. The molecule has 2 rings (SSSR count). The van der Waals surface area contributed by atoms with Gasteiger partial charge >= 0.3 is 0 Å². The van der Waals surface area contributed by atoms with E-state index in [1.54, 1.807) is 20.0 Å². The van der Waals surface area contributed by atoms with Crippen LogP contribution in [0.4, 0.5) is 5.69 Å². The fourth-order valence-electron chi connectivity index (χ4n) is 1.49. The van der Waals surface area contributed by atoms with Crippen LogP contribution in [-0.4, -0.2) is 28.6 Å². The van der Waals surface area contributed by atoms with Crippen molar-refractivity contribution in [1.29, 1.82) is 0 Å². The molecule has 0 amide bonds. The molecule has 0 aliphatic carbocycles. The van der Waals surface area contributed by atoms with Gasteiger partial charge in [-0.25, -0.2) is 18.2 Å². The van der Waals surface area contributed by atoms with Crippen LogP contribution in [0.25, 0.3) is 0 Å². The Morgan fingerprint density at radius 3 is 2.58 bits per heavy atom. The molecule has 2 aromatic rings. The molecule has 102 valence electrons. The van der Waals surface area contributed by atoms with Crippen molar-refractivity contribution in [3.63, 3.8) is 0 Å². The number of aromatic nitrogens is 4. The molecule has 0 unspecified atom stereocenters. The number of hydrogen-bond donors (Lipinski definition) is 2. The van der Waals surface area contributed by atoms with Crippen molar-refractivity contribution in [3.05, 3.63) is 17.7 Å². The van der Waals surface area contributed by atoms with Crippen molar-refractivity contribution in [2.75, 3.05) is 5.73 Å². The molecule has 0 atom stereocenters. The molecule has 4 N–H and O–H groups in total. The molecule has 19 heavy (non-hydrogen) atoms. The number of sulfonamides is 1. The molecule has 8 nitrogen and oxygen atoms in total. The lowest BCUT2D eigenvalue weighted by Gasteiger charge is -2.10. The zero-order valence-corrected chi connectivity index (χ0v) is 11.9. The summed E-state index contributed by atoms with van der Waals surface area (Å²) in [4.78, 5) is 0.645. The molecule has 0 saturated carbocycles. The van der Waals surface area contributed by atoms with Crippen LogP contribution in [-0.2, 0) is 17.1 Å². The van der Waals surface area contributed by atoms with Crippen LogP contribution < -0.4 is 10.9 Å². The van der Waals surface area contributed by atoms with Gasteiger partial charge in [0.05, 0.1) is 4.90 Å². The molecule has 1 aromatic carbocycles. The molecular formula is C9H12N6O2S2. The number of benzene rings is 1. The Hall–Kier alpha value is -1.65. The molecule has 10 heteroatoms. The van der Waals surface area contributed by atoms with Gasteiger partial charge in [-0.15, -0.1) is 5.10 Å². The zero-order valence-electron chi connectivity index (χ0n) is 10.2. The molecule has 0 aliphatic rings. The first-order chi connectivity index (χ1) is 8.79. The maximum absolute atomic E-state index is 11.5. The molecule has 0 aliphatic heterocycles. The highest BCUT2D eigenvalue weighted by molar-refractivity contribution is 7.99. The van der Waals surface area contributed by atoms with Gasteiger partial charge in [-0.2, -0.15) is 0 Å². The molecule has 0 fully saturated rings. The van der Waals surface area contributed by atoms with E-state index in [4.69, 9.17) is 10.9 Å². The fraction of sp³-hybridized carbons (Fsp3) is 0.222. The van der Waals surface area contributed by atoms with E-state index in [0.29, 0.717) is 21.3 Å². The van der Waals surface area contributed by atoms with E-state index < -0.39 is 10.0 Å². The van der Waals surface area contributed by atoms with Gasteiger partial charge in [-0.05, 0) is 46.8 Å². The van der Waals surface area contributed by atoms with Crippen LogP contribution >= 0.6 is 11.8 Å². The number of rotatable bonds is 3. The second-order valence-electron chi connectivity index (χ2n) is 3.87. The van der Waals surface area contributed by atoms with Gasteiger partial charge < -0.3 is 5.73 Å². The molecule has 1 heterocycles. The lowest BCUT2D eigenvalue weighted by Crippen LogP contribution is -2.14. The monoisotopic (exact) mass is 300 g/mol. The van der Waals surface area contributed by atoms with E-state index in [0.717, 1.165) is 0 Å². The Labute approximate surface area is 114 Å². The summed E-state index contributed by atoms with van der Waals surface area (Å²) in [5.74, 6) is 0. The number of aryl methyl sites for hydroxylation is 1. The van der Waals surface area contributed by atoms with Crippen molar-refractivity contribution in [2.45, 2.75) is 21.9 Å². The van der Waals surface area contributed by atoms with Gasteiger partial charge in [0.2, 0.25) is 15.2 Å². The quantitative estimate of drug-likeness (QED) is 0.757. The van der Waals surface area contributed by atoms with Crippen LogP contribution in [0.15, 0.2) is 27.1 Å². The van der Waals surface area contributed by atoms with Crippen LogP contribution in [0.2, 0.25) is 0 Å². The van der Waals surface area contributed by atoms with Crippen molar-refractivity contribution in [1.82, 2.24) is 20.2 Å². The van der Waals surface area contributed by atoms with Gasteiger partial charge in [0.1, 0.15) is 0 Å². The summed E-state index contributed by atoms with van der Waals surface area (Å²) in [6.45, 7) is 1.66. The lowest BCUT2D eigenvalue weighted by molar-refractivity contribution is 0.597. The first kappa shape index (κ1) is 13.8. The van der Waals surface area contributed by atoms with Crippen molar-refractivity contribution >= 4 is 27.5 Å². The Kier molecular flexibility index (Phi) is 3.47. The summed E-state index contributed by atoms with van der Waals surface area (Å²) in [7, 11) is -2.13. The fourth-order valence-corrected chi connectivity index (χ4v) is 3.29. The summed E-state index contributed by atoms with van der Waals surface area (Å²) in [6, 6.07) is 2.99. The van der Waals surface area contributed by atoms with Gasteiger partial charge in [0.25, 0.3) is 0 Å². The van der Waals surface area contributed by atoms with E-state index in [1.807, 2.05) is 0 Å². The third kappa shape index (κ3) is 2.85. The predicted octanol–water partition coefficient (Wildman–Crippen LogP) is -0.101. The largest absolute Gasteiger partial charge is 0.399 e. The minimum atomic E-state index is -3.82. The first-order valence-electron chi connectivity index (χ1n) is 5.12. The van der Waals surface area contributed by atoms with Gasteiger partial charge in [0.15, 0.2) is 0 Å².